The first-order valence-electron chi connectivity index (χ1n) is 7.77. The minimum absolute atomic E-state index is 0.0251. The topological polar surface area (TPSA) is 54.9 Å². The second kappa shape index (κ2) is 9.19. The Balaban J connectivity index is 2.12. The Morgan fingerprint density at radius 3 is 2.80 bits per heavy atom. The first-order valence-corrected chi connectivity index (χ1v) is 7.77. The van der Waals surface area contributed by atoms with Gasteiger partial charge in [0.2, 0.25) is 0 Å². The van der Waals surface area contributed by atoms with E-state index in [4.69, 9.17) is 9.47 Å². The summed E-state index contributed by atoms with van der Waals surface area (Å²) >= 11 is 0. The largest absolute Gasteiger partial charge is 0.379 e. The molecule has 0 aromatic rings. The molecule has 1 aliphatic rings. The van der Waals surface area contributed by atoms with E-state index in [1.165, 1.54) is 6.42 Å². The maximum atomic E-state index is 5.63. The van der Waals surface area contributed by atoms with Gasteiger partial charge in [-0.2, -0.15) is 0 Å². The molecule has 20 heavy (non-hydrogen) atoms. The maximum absolute atomic E-state index is 5.63. The fourth-order valence-corrected chi connectivity index (χ4v) is 2.01. The van der Waals surface area contributed by atoms with Crippen LogP contribution in [-0.4, -0.2) is 50.5 Å². The second-order valence-electron chi connectivity index (χ2n) is 6.20. The van der Waals surface area contributed by atoms with E-state index in [1.54, 1.807) is 0 Å². The SMILES string of the molecule is CCNC(=NCCCOCC1CCCO1)NC(C)(C)C. The van der Waals surface area contributed by atoms with Crippen molar-refractivity contribution in [3.63, 3.8) is 0 Å². The van der Waals surface area contributed by atoms with E-state index in [-0.39, 0.29) is 5.54 Å². The fourth-order valence-electron chi connectivity index (χ4n) is 2.01. The lowest BCUT2D eigenvalue weighted by molar-refractivity contribution is 0.0171. The lowest BCUT2D eigenvalue weighted by Gasteiger charge is -2.23. The Bertz CT molecular complexity index is 281. The van der Waals surface area contributed by atoms with Gasteiger partial charge in [-0.05, 0) is 47.0 Å². The molecule has 1 rings (SSSR count). The van der Waals surface area contributed by atoms with Gasteiger partial charge < -0.3 is 20.1 Å². The van der Waals surface area contributed by atoms with Crippen molar-refractivity contribution in [2.75, 3.05) is 32.9 Å². The van der Waals surface area contributed by atoms with E-state index >= 15 is 0 Å². The van der Waals surface area contributed by atoms with E-state index in [1.807, 2.05) is 0 Å². The number of ether oxygens (including phenoxy) is 2. The second-order valence-corrected chi connectivity index (χ2v) is 6.20. The van der Waals surface area contributed by atoms with Crippen LogP contribution in [0, 0.1) is 0 Å². The summed E-state index contributed by atoms with van der Waals surface area (Å²) < 4.78 is 11.1. The first-order chi connectivity index (χ1) is 9.51. The third kappa shape index (κ3) is 8.38. The minimum Gasteiger partial charge on any atom is -0.379 e. The molecule has 0 saturated carbocycles. The molecule has 5 heteroatoms. The minimum atomic E-state index is 0.0251. The molecule has 5 nitrogen and oxygen atoms in total. The highest BCUT2D eigenvalue weighted by Gasteiger charge is 2.15. The number of hydrogen-bond acceptors (Lipinski definition) is 3. The van der Waals surface area contributed by atoms with Gasteiger partial charge in [0, 0.05) is 31.8 Å². The van der Waals surface area contributed by atoms with E-state index in [0.29, 0.717) is 6.10 Å². The average molecular weight is 285 g/mol. The zero-order valence-corrected chi connectivity index (χ0v) is 13.5. The van der Waals surface area contributed by atoms with Gasteiger partial charge in [0.15, 0.2) is 5.96 Å². The molecule has 1 fully saturated rings. The number of hydrogen-bond donors (Lipinski definition) is 2. The van der Waals surface area contributed by atoms with E-state index in [2.05, 4.69) is 43.3 Å². The van der Waals surface area contributed by atoms with Gasteiger partial charge in [0.05, 0.1) is 12.7 Å². The molecule has 0 spiro atoms. The van der Waals surface area contributed by atoms with Crippen LogP contribution in [0.25, 0.3) is 0 Å². The van der Waals surface area contributed by atoms with E-state index < -0.39 is 0 Å². The quantitative estimate of drug-likeness (QED) is 0.426. The molecular weight excluding hydrogens is 254 g/mol. The standard InChI is InChI=1S/C15H31N3O2/c1-5-16-14(18-15(2,3)4)17-9-7-10-19-12-13-8-6-11-20-13/h13H,5-12H2,1-4H3,(H2,16,17,18). The van der Waals surface area contributed by atoms with Crippen molar-refractivity contribution < 1.29 is 9.47 Å². The highest BCUT2D eigenvalue weighted by Crippen LogP contribution is 2.11. The smallest absolute Gasteiger partial charge is 0.191 e. The van der Waals surface area contributed by atoms with E-state index in [0.717, 1.165) is 51.7 Å². The molecule has 1 unspecified atom stereocenters. The third-order valence-corrected chi connectivity index (χ3v) is 2.88. The van der Waals surface area contributed by atoms with Crippen molar-refractivity contribution >= 4 is 5.96 Å². The molecule has 0 bridgehead atoms. The summed E-state index contributed by atoms with van der Waals surface area (Å²) in [6.45, 7) is 12.5. The van der Waals surface area contributed by atoms with Crippen molar-refractivity contribution in [3.05, 3.63) is 0 Å². The zero-order chi connectivity index (χ0) is 14.8. The summed E-state index contributed by atoms with van der Waals surface area (Å²) in [7, 11) is 0. The number of rotatable bonds is 7. The summed E-state index contributed by atoms with van der Waals surface area (Å²) in [5.41, 5.74) is 0.0251. The predicted octanol–water partition coefficient (Wildman–Crippen LogP) is 1.93. The highest BCUT2D eigenvalue weighted by atomic mass is 16.5. The van der Waals surface area contributed by atoms with Crippen molar-refractivity contribution in [1.29, 1.82) is 0 Å². The van der Waals surface area contributed by atoms with Crippen molar-refractivity contribution in [2.24, 2.45) is 4.99 Å². The number of nitrogens with zero attached hydrogens (tertiary/aromatic N) is 1. The molecule has 1 aliphatic heterocycles. The lowest BCUT2D eigenvalue weighted by Crippen LogP contribution is -2.47. The van der Waals surface area contributed by atoms with Crippen LogP contribution in [0.15, 0.2) is 4.99 Å². The van der Waals surface area contributed by atoms with Crippen LogP contribution in [0.3, 0.4) is 0 Å². The van der Waals surface area contributed by atoms with Gasteiger partial charge in [-0.25, -0.2) is 0 Å². The van der Waals surface area contributed by atoms with Gasteiger partial charge >= 0.3 is 0 Å². The summed E-state index contributed by atoms with van der Waals surface area (Å²) in [6, 6.07) is 0. The van der Waals surface area contributed by atoms with Crippen molar-refractivity contribution in [3.8, 4) is 0 Å². The number of guanidine groups is 1. The fraction of sp³-hybridized carbons (Fsp3) is 0.933. The Kier molecular flexibility index (Phi) is 7.92. The highest BCUT2D eigenvalue weighted by molar-refractivity contribution is 5.80. The molecule has 0 radical (unpaired) electrons. The molecular formula is C15H31N3O2. The van der Waals surface area contributed by atoms with Gasteiger partial charge in [-0.3, -0.25) is 4.99 Å². The molecule has 1 atom stereocenters. The molecule has 1 saturated heterocycles. The van der Waals surface area contributed by atoms with Gasteiger partial charge in [-0.15, -0.1) is 0 Å². The Morgan fingerprint density at radius 2 is 2.20 bits per heavy atom. The number of nitrogens with one attached hydrogen (secondary N) is 2. The van der Waals surface area contributed by atoms with Gasteiger partial charge in [0.1, 0.15) is 0 Å². The Hall–Kier alpha value is -0.810. The van der Waals surface area contributed by atoms with E-state index in [9.17, 15) is 0 Å². The summed E-state index contributed by atoms with van der Waals surface area (Å²) in [6.07, 6.45) is 3.56. The summed E-state index contributed by atoms with van der Waals surface area (Å²) in [4.78, 5) is 4.55. The molecule has 0 aliphatic carbocycles. The van der Waals surface area contributed by atoms with Crippen LogP contribution >= 0.6 is 0 Å². The van der Waals surface area contributed by atoms with Crippen LogP contribution in [0.2, 0.25) is 0 Å². The molecule has 2 N–H and O–H groups in total. The molecule has 0 aromatic carbocycles. The van der Waals surface area contributed by atoms with Crippen LogP contribution in [-0.2, 0) is 9.47 Å². The van der Waals surface area contributed by atoms with Gasteiger partial charge in [-0.1, -0.05) is 0 Å². The van der Waals surface area contributed by atoms with Crippen molar-refractivity contribution in [2.45, 2.75) is 58.6 Å². The summed E-state index contributed by atoms with van der Waals surface area (Å²) in [5, 5.41) is 6.62. The zero-order valence-electron chi connectivity index (χ0n) is 13.5. The average Bonchev–Trinajstić information content (AvgIpc) is 2.84. The molecule has 0 amide bonds. The van der Waals surface area contributed by atoms with Crippen molar-refractivity contribution in [1.82, 2.24) is 10.6 Å². The van der Waals surface area contributed by atoms with Gasteiger partial charge in [0.25, 0.3) is 0 Å². The maximum Gasteiger partial charge on any atom is 0.191 e. The Labute approximate surface area is 123 Å². The normalized spacial score (nSPS) is 20.2. The monoisotopic (exact) mass is 285 g/mol. The third-order valence-electron chi connectivity index (χ3n) is 2.88. The molecule has 0 aromatic heterocycles. The first kappa shape index (κ1) is 17.2. The summed E-state index contributed by atoms with van der Waals surface area (Å²) in [5.74, 6) is 0.874. The lowest BCUT2D eigenvalue weighted by atomic mass is 10.1. The van der Waals surface area contributed by atoms with Crippen LogP contribution in [0.4, 0.5) is 0 Å². The number of aliphatic imine (C=N–C) groups is 1. The predicted molar refractivity (Wildman–Crippen MR) is 83.3 cm³/mol. The van der Waals surface area contributed by atoms with Crippen LogP contribution < -0.4 is 10.6 Å². The van der Waals surface area contributed by atoms with Crippen LogP contribution in [0.5, 0.6) is 0 Å². The Morgan fingerprint density at radius 1 is 1.40 bits per heavy atom. The molecule has 1 heterocycles. The molecule has 118 valence electrons. The van der Waals surface area contributed by atoms with Crippen LogP contribution in [0.1, 0.15) is 47.0 Å².